The van der Waals surface area contributed by atoms with Crippen molar-refractivity contribution in [1.82, 2.24) is 24.4 Å². The monoisotopic (exact) mass is 424 g/mol. The lowest BCUT2D eigenvalue weighted by Gasteiger charge is -2.16. The van der Waals surface area contributed by atoms with E-state index in [1.165, 1.54) is 11.6 Å². The first-order valence-electron chi connectivity index (χ1n) is 10.1. The second-order valence-electron chi connectivity index (χ2n) is 7.72. The van der Waals surface area contributed by atoms with E-state index < -0.39 is 11.2 Å². The van der Waals surface area contributed by atoms with Crippen molar-refractivity contribution in [2.24, 2.45) is 20.0 Å². The minimum atomic E-state index is -0.432. The molecule has 31 heavy (non-hydrogen) atoms. The summed E-state index contributed by atoms with van der Waals surface area (Å²) in [6.45, 7) is 0.790. The van der Waals surface area contributed by atoms with Gasteiger partial charge in [0.15, 0.2) is 5.65 Å². The summed E-state index contributed by atoms with van der Waals surface area (Å²) < 4.78 is 2.36. The molecule has 1 aliphatic rings. The van der Waals surface area contributed by atoms with Gasteiger partial charge in [0.05, 0.1) is 5.92 Å². The van der Waals surface area contributed by atoms with Crippen molar-refractivity contribution in [3.8, 4) is 0 Å². The number of para-hydroxylation sites is 1. The van der Waals surface area contributed by atoms with Gasteiger partial charge in [0, 0.05) is 45.7 Å². The zero-order chi connectivity index (χ0) is 22.1. The van der Waals surface area contributed by atoms with Crippen LogP contribution in [0.25, 0.3) is 11.2 Å². The smallest absolute Gasteiger partial charge is 0.332 e. The van der Waals surface area contributed by atoms with Crippen molar-refractivity contribution >= 4 is 28.7 Å². The Morgan fingerprint density at radius 1 is 1.16 bits per heavy atom. The van der Waals surface area contributed by atoms with Crippen molar-refractivity contribution in [2.45, 2.75) is 19.3 Å². The topological polar surface area (TPSA) is 122 Å². The summed E-state index contributed by atoms with van der Waals surface area (Å²) >= 11 is 0. The zero-order valence-corrected chi connectivity index (χ0v) is 17.4. The van der Waals surface area contributed by atoms with Crippen molar-refractivity contribution < 1.29 is 9.59 Å². The van der Waals surface area contributed by atoms with Crippen molar-refractivity contribution in [3.05, 3.63) is 57.0 Å². The van der Waals surface area contributed by atoms with Crippen molar-refractivity contribution in [2.75, 3.05) is 18.0 Å². The van der Waals surface area contributed by atoms with Gasteiger partial charge < -0.3 is 15.2 Å². The van der Waals surface area contributed by atoms with E-state index in [4.69, 9.17) is 0 Å². The molecule has 0 aliphatic carbocycles. The van der Waals surface area contributed by atoms with Gasteiger partial charge in [0.1, 0.15) is 11.3 Å². The molecule has 2 amide bonds. The van der Waals surface area contributed by atoms with Crippen molar-refractivity contribution in [3.63, 3.8) is 0 Å². The van der Waals surface area contributed by atoms with Crippen LogP contribution in [0.3, 0.4) is 0 Å². The molecule has 2 N–H and O–H groups in total. The number of carbonyl (C=O) groups excluding carboxylic acids is 2. The highest BCUT2D eigenvalue weighted by Gasteiger charge is 2.34. The van der Waals surface area contributed by atoms with Crippen LogP contribution in [0.15, 0.2) is 39.9 Å². The fourth-order valence-corrected chi connectivity index (χ4v) is 3.84. The van der Waals surface area contributed by atoms with E-state index in [1.807, 2.05) is 30.3 Å². The molecule has 0 radical (unpaired) electrons. The highest BCUT2D eigenvalue weighted by atomic mass is 16.2. The van der Waals surface area contributed by atoms with E-state index in [0.717, 1.165) is 10.3 Å². The highest BCUT2D eigenvalue weighted by Crippen LogP contribution is 2.24. The summed E-state index contributed by atoms with van der Waals surface area (Å²) in [5.74, 6) is -0.00114. The Labute approximate surface area is 177 Å². The van der Waals surface area contributed by atoms with Crippen LogP contribution in [0.1, 0.15) is 18.7 Å². The molecule has 10 heteroatoms. The Hall–Kier alpha value is -3.69. The van der Waals surface area contributed by atoms with Crippen LogP contribution >= 0.6 is 0 Å². The molecule has 4 rings (SSSR count). The second kappa shape index (κ2) is 8.21. The Kier molecular flexibility index (Phi) is 5.45. The minimum absolute atomic E-state index is 0.0548. The molecule has 1 aromatic carbocycles. The maximum atomic E-state index is 12.5. The second-order valence-corrected chi connectivity index (χ2v) is 7.72. The molecule has 162 valence electrons. The summed E-state index contributed by atoms with van der Waals surface area (Å²) in [6, 6.07) is 9.32. The van der Waals surface area contributed by atoms with Crippen LogP contribution in [0.2, 0.25) is 0 Å². The van der Waals surface area contributed by atoms with Gasteiger partial charge in [0.25, 0.3) is 5.56 Å². The number of carbonyl (C=O) groups is 2. The number of H-pyrrole nitrogens is 1. The van der Waals surface area contributed by atoms with Crippen LogP contribution in [0.4, 0.5) is 5.69 Å². The van der Waals surface area contributed by atoms with Gasteiger partial charge >= 0.3 is 5.69 Å². The number of hydrogen-bond donors (Lipinski definition) is 2. The molecule has 0 bridgehead atoms. The molecule has 0 spiro atoms. The quantitative estimate of drug-likeness (QED) is 0.542. The van der Waals surface area contributed by atoms with Crippen LogP contribution in [-0.4, -0.2) is 44.0 Å². The van der Waals surface area contributed by atoms with Gasteiger partial charge in [-0.15, -0.1) is 0 Å². The number of amides is 2. The number of nitrogens with zero attached hydrogens (tertiary/aromatic N) is 4. The standard InChI is InChI=1S/C21H24N6O4/c1-25-18-17(20(30)26(2)21(25)31)23-15(24-18)9-6-10-22-19(29)13-11-16(28)27(12-13)14-7-4-3-5-8-14/h3-5,7-8,13H,6,9-12H2,1-2H3,(H,22,29)(H,23,24). The predicted molar refractivity (Wildman–Crippen MR) is 115 cm³/mol. The first-order valence-corrected chi connectivity index (χ1v) is 10.1. The molecular formula is C21H24N6O4. The van der Waals surface area contributed by atoms with Crippen LogP contribution in [0.5, 0.6) is 0 Å². The van der Waals surface area contributed by atoms with E-state index in [2.05, 4.69) is 15.3 Å². The molecule has 3 aromatic rings. The molecule has 1 aliphatic heterocycles. The average molecular weight is 424 g/mol. The first kappa shape index (κ1) is 20.6. The Balaban J connectivity index is 1.32. The predicted octanol–water partition coefficient (Wildman–Crippen LogP) is 0.0622. The molecule has 1 fully saturated rings. The van der Waals surface area contributed by atoms with E-state index in [9.17, 15) is 19.2 Å². The van der Waals surface area contributed by atoms with Gasteiger partial charge in [0.2, 0.25) is 11.8 Å². The minimum Gasteiger partial charge on any atom is -0.356 e. The number of rotatable bonds is 6. The molecule has 1 unspecified atom stereocenters. The number of hydrogen-bond acceptors (Lipinski definition) is 5. The number of benzene rings is 1. The van der Waals surface area contributed by atoms with E-state index in [0.29, 0.717) is 37.4 Å². The first-order chi connectivity index (χ1) is 14.9. The molecule has 10 nitrogen and oxygen atoms in total. The molecular weight excluding hydrogens is 400 g/mol. The summed E-state index contributed by atoms with van der Waals surface area (Å²) in [5.41, 5.74) is 0.553. The van der Waals surface area contributed by atoms with E-state index >= 15 is 0 Å². The van der Waals surface area contributed by atoms with Crippen LogP contribution in [-0.2, 0) is 30.1 Å². The lowest BCUT2D eigenvalue weighted by Crippen LogP contribution is -2.36. The SMILES string of the molecule is Cn1c(=O)c2[nH]c(CCCNC(=O)C3CC(=O)N(c4ccccc4)C3)nc2n(C)c1=O. The number of aromatic amines is 1. The normalized spacial score (nSPS) is 16.3. The number of nitrogens with one attached hydrogen (secondary N) is 2. The molecule has 3 heterocycles. The number of aromatic nitrogens is 4. The Morgan fingerprint density at radius 3 is 2.65 bits per heavy atom. The van der Waals surface area contributed by atoms with Crippen LogP contribution in [0, 0.1) is 5.92 Å². The van der Waals surface area contributed by atoms with Gasteiger partial charge in [-0.2, -0.15) is 0 Å². The Morgan fingerprint density at radius 2 is 1.90 bits per heavy atom. The molecule has 0 saturated carbocycles. The largest absolute Gasteiger partial charge is 0.356 e. The van der Waals surface area contributed by atoms with Gasteiger partial charge in [-0.1, -0.05) is 18.2 Å². The summed E-state index contributed by atoms with van der Waals surface area (Å²) in [6.07, 6.45) is 1.30. The third kappa shape index (κ3) is 3.88. The fraction of sp³-hybridized carbons (Fsp3) is 0.381. The average Bonchev–Trinajstić information content (AvgIpc) is 3.38. The number of fused-ring (bicyclic) bond motifs is 1. The number of imidazole rings is 1. The van der Waals surface area contributed by atoms with Crippen LogP contribution < -0.4 is 21.5 Å². The lowest BCUT2D eigenvalue weighted by molar-refractivity contribution is -0.126. The van der Waals surface area contributed by atoms with E-state index in [1.54, 1.807) is 11.9 Å². The summed E-state index contributed by atoms with van der Waals surface area (Å²) in [5, 5.41) is 2.88. The third-order valence-electron chi connectivity index (χ3n) is 5.60. The van der Waals surface area contributed by atoms with E-state index in [-0.39, 0.29) is 29.7 Å². The molecule has 2 aromatic heterocycles. The zero-order valence-electron chi connectivity index (χ0n) is 17.4. The fourth-order valence-electron chi connectivity index (χ4n) is 3.84. The number of aryl methyl sites for hydroxylation is 2. The third-order valence-corrected chi connectivity index (χ3v) is 5.60. The lowest BCUT2D eigenvalue weighted by atomic mass is 10.1. The van der Waals surface area contributed by atoms with Gasteiger partial charge in [-0.25, -0.2) is 9.78 Å². The van der Waals surface area contributed by atoms with Gasteiger partial charge in [-0.05, 0) is 18.6 Å². The molecule has 1 atom stereocenters. The highest BCUT2D eigenvalue weighted by molar-refractivity contribution is 6.00. The Bertz CT molecular complexity index is 1260. The van der Waals surface area contributed by atoms with Crippen molar-refractivity contribution in [1.29, 1.82) is 0 Å². The maximum Gasteiger partial charge on any atom is 0.332 e. The molecule has 1 saturated heterocycles. The van der Waals surface area contributed by atoms with Gasteiger partial charge in [-0.3, -0.25) is 23.5 Å². The summed E-state index contributed by atoms with van der Waals surface area (Å²) in [4.78, 5) is 58.0. The summed E-state index contributed by atoms with van der Waals surface area (Å²) in [7, 11) is 2.99. The maximum absolute atomic E-state index is 12.5. The number of anilines is 1.